The molecule has 3 rings (SSSR count). The average molecular weight is 529 g/mol. The van der Waals surface area contributed by atoms with Gasteiger partial charge in [-0.05, 0) is 36.8 Å². The molecule has 12 heteroatoms. The van der Waals surface area contributed by atoms with Crippen LogP contribution in [-0.2, 0) is 27.9 Å². The van der Waals surface area contributed by atoms with E-state index in [0.717, 1.165) is 26.5 Å². The summed E-state index contributed by atoms with van der Waals surface area (Å²) in [6, 6.07) is 14.1. The largest absolute Gasteiger partial charge is 0.456 e. The summed E-state index contributed by atoms with van der Waals surface area (Å²) in [5.74, 6) is -2.91. The number of anilines is 2. The molecule has 1 heterocycles. The van der Waals surface area contributed by atoms with Crippen LogP contribution in [0.4, 0.5) is 15.9 Å². The van der Waals surface area contributed by atoms with Crippen LogP contribution in [0.2, 0.25) is 0 Å². The molecule has 0 aliphatic heterocycles. The summed E-state index contributed by atoms with van der Waals surface area (Å²) in [5.41, 5.74) is 5.13. The molecule has 0 fully saturated rings. The minimum atomic E-state index is -0.896. The van der Waals surface area contributed by atoms with Crippen LogP contribution >= 0.6 is 11.8 Å². The lowest BCUT2D eigenvalue weighted by Gasteiger charge is -2.15. The Kier molecular flexibility index (Phi) is 9.01. The van der Waals surface area contributed by atoms with Crippen molar-refractivity contribution >= 4 is 40.9 Å². The number of Topliss-reactive ketones (excluding diaryl/α,β-unsaturated/α-hetero) is 1. The number of hydrogen-bond donors (Lipinski definition) is 2. The normalized spacial score (nSPS) is 11.5. The number of carbonyl (C=O) groups excluding carboxylic acids is 3. The Hall–Kier alpha value is -4.19. The minimum Gasteiger partial charge on any atom is -0.456 e. The van der Waals surface area contributed by atoms with Crippen molar-refractivity contribution in [3.8, 4) is 0 Å². The molecule has 10 nitrogen and oxygen atoms in total. The van der Waals surface area contributed by atoms with Gasteiger partial charge in [-0.1, -0.05) is 30.3 Å². The van der Waals surface area contributed by atoms with E-state index in [1.54, 1.807) is 30.3 Å². The smallest absolute Gasteiger partial charge is 0.332 e. The quantitative estimate of drug-likeness (QED) is 0.300. The molecule has 1 atom stereocenters. The molecular formula is C25H25FN4O6S. The van der Waals surface area contributed by atoms with Gasteiger partial charge in [0.1, 0.15) is 22.4 Å². The van der Waals surface area contributed by atoms with Gasteiger partial charge in [-0.25, -0.2) is 9.18 Å². The summed E-state index contributed by atoms with van der Waals surface area (Å²) in [4.78, 5) is 62.4. The van der Waals surface area contributed by atoms with E-state index in [-0.39, 0.29) is 18.1 Å². The van der Waals surface area contributed by atoms with Crippen LogP contribution < -0.4 is 22.3 Å². The number of nitrogens with zero attached hydrogens (tertiary/aromatic N) is 2. The summed E-state index contributed by atoms with van der Waals surface area (Å²) in [5, 5.41) is 1.76. The lowest BCUT2D eigenvalue weighted by atomic mass is 10.2. The zero-order chi connectivity index (χ0) is 27.1. The van der Waals surface area contributed by atoms with Crippen molar-refractivity contribution in [1.82, 2.24) is 9.13 Å². The lowest BCUT2D eigenvalue weighted by Crippen LogP contribution is -2.43. The number of amides is 1. The van der Waals surface area contributed by atoms with Crippen molar-refractivity contribution in [3.05, 3.63) is 92.4 Å². The molecule has 3 aromatic rings. The molecule has 0 aliphatic carbocycles. The first-order valence-corrected chi connectivity index (χ1v) is 12.1. The summed E-state index contributed by atoms with van der Waals surface area (Å²) in [6.45, 7) is 0.762. The van der Waals surface area contributed by atoms with Gasteiger partial charge >= 0.3 is 11.7 Å². The molecule has 37 heavy (non-hydrogen) atoms. The van der Waals surface area contributed by atoms with Gasteiger partial charge in [0.25, 0.3) is 5.56 Å². The highest BCUT2D eigenvalue weighted by Gasteiger charge is 2.24. The van der Waals surface area contributed by atoms with Crippen LogP contribution in [0.3, 0.4) is 0 Å². The molecule has 0 saturated carbocycles. The first-order chi connectivity index (χ1) is 17.6. The molecule has 1 aromatic heterocycles. The minimum absolute atomic E-state index is 0.0351. The highest BCUT2D eigenvalue weighted by molar-refractivity contribution is 8.01. The van der Waals surface area contributed by atoms with Crippen molar-refractivity contribution < 1.29 is 23.5 Å². The van der Waals surface area contributed by atoms with Crippen LogP contribution in [0.5, 0.6) is 0 Å². The Morgan fingerprint density at radius 3 is 2.38 bits per heavy atom. The van der Waals surface area contributed by atoms with Crippen molar-refractivity contribution in [2.45, 2.75) is 18.7 Å². The number of esters is 1. The van der Waals surface area contributed by atoms with Gasteiger partial charge in [0.2, 0.25) is 11.7 Å². The highest BCUT2D eigenvalue weighted by atomic mass is 32.2. The fourth-order valence-corrected chi connectivity index (χ4v) is 3.97. The van der Waals surface area contributed by atoms with Crippen LogP contribution in [0.1, 0.15) is 22.8 Å². The number of nitrogens with one attached hydrogen (secondary N) is 1. The first-order valence-electron chi connectivity index (χ1n) is 11.1. The second-order valence-electron chi connectivity index (χ2n) is 8.02. The van der Waals surface area contributed by atoms with E-state index in [0.29, 0.717) is 5.69 Å². The predicted octanol–water partition coefficient (Wildman–Crippen LogP) is 1.80. The third kappa shape index (κ3) is 6.94. The maximum atomic E-state index is 13.0. The van der Waals surface area contributed by atoms with Crippen molar-refractivity contribution in [2.75, 3.05) is 23.4 Å². The molecule has 0 saturated heterocycles. The highest BCUT2D eigenvalue weighted by Crippen LogP contribution is 2.15. The average Bonchev–Trinajstić information content (AvgIpc) is 2.89. The number of ether oxygens (including phenoxy) is 1. The predicted molar refractivity (Wildman–Crippen MR) is 138 cm³/mol. The number of benzene rings is 2. The van der Waals surface area contributed by atoms with Gasteiger partial charge in [0.15, 0.2) is 6.61 Å². The number of halogens is 1. The molecule has 0 aliphatic rings. The Balaban J connectivity index is 1.62. The fourth-order valence-electron chi connectivity index (χ4n) is 3.29. The van der Waals surface area contributed by atoms with Gasteiger partial charge in [-0.15, -0.1) is 11.8 Å². The molecule has 2 aromatic carbocycles. The number of hydrogen-bond acceptors (Lipinski definition) is 8. The van der Waals surface area contributed by atoms with E-state index in [1.165, 1.54) is 38.2 Å². The molecular weight excluding hydrogens is 503 g/mol. The monoisotopic (exact) mass is 528 g/mol. The molecule has 194 valence electrons. The second-order valence-corrected chi connectivity index (χ2v) is 9.35. The topological polar surface area (TPSA) is 142 Å². The summed E-state index contributed by atoms with van der Waals surface area (Å²) < 4.78 is 19.9. The van der Waals surface area contributed by atoms with Crippen molar-refractivity contribution in [1.29, 1.82) is 0 Å². The van der Waals surface area contributed by atoms with Crippen LogP contribution in [0.15, 0.2) is 64.2 Å². The number of carbonyl (C=O) groups is 3. The molecule has 0 spiro atoms. The van der Waals surface area contributed by atoms with Crippen LogP contribution in [-0.4, -0.2) is 44.4 Å². The third-order valence-corrected chi connectivity index (χ3v) is 6.44. The Bertz CT molecular complexity index is 1420. The number of ketones is 1. The second kappa shape index (κ2) is 12.2. The van der Waals surface area contributed by atoms with E-state index in [9.17, 15) is 28.4 Å². The summed E-state index contributed by atoms with van der Waals surface area (Å²) >= 11 is 0.969. The Labute approximate surface area is 215 Å². The zero-order valence-electron chi connectivity index (χ0n) is 20.1. The Morgan fingerprint density at radius 1 is 1.08 bits per heavy atom. The molecule has 0 bridgehead atoms. The SMILES string of the molecule is CC(SCC(=O)Nc1ccc(F)cc1)C(=O)OCC(=O)c1c(N)n(Cc2ccccc2)c(=O)n(C)c1=O. The van der Waals surface area contributed by atoms with E-state index >= 15 is 0 Å². The number of thioether (sulfide) groups is 1. The van der Waals surface area contributed by atoms with Gasteiger partial charge < -0.3 is 15.8 Å². The molecule has 1 amide bonds. The molecule has 1 unspecified atom stereocenters. The van der Waals surface area contributed by atoms with E-state index in [4.69, 9.17) is 10.5 Å². The maximum Gasteiger partial charge on any atom is 0.332 e. The standard InChI is InChI=1S/C25H25FN4O6S/c1-15(37-14-20(32)28-18-10-8-17(26)9-11-18)24(34)36-13-19(31)21-22(27)30(25(35)29(2)23(21)33)12-16-6-4-3-5-7-16/h3-11,15H,12-14,27H2,1-2H3,(H,28,32). The van der Waals surface area contributed by atoms with Gasteiger partial charge in [-0.3, -0.25) is 28.3 Å². The summed E-state index contributed by atoms with van der Waals surface area (Å²) in [7, 11) is 1.23. The molecule has 0 radical (unpaired) electrons. The third-order valence-electron chi connectivity index (χ3n) is 5.32. The number of nitrogen functional groups attached to an aromatic ring is 1. The van der Waals surface area contributed by atoms with E-state index in [1.807, 2.05) is 0 Å². The fraction of sp³-hybridized carbons (Fsp3) is 0.240. The first kappa shape index (κ1) is 27.4. The van der Waals surface area contributed by atoms with Gasteiger partial charge in [0, 0.05) is 12.7 Å². The van der Waals surface area contributed by atoms with Crippen LogP contribution in [0.25, 0.3) is 0 Å². The van der Waals surface area contributed by atoms with E-state index < -0.39 is 52.1 Å². The number of nitrogens with two attached hydrogens (primary N) is 1. The number of rotatable bonds is 10. The summed E-state index contributed by atoms with van der Waals surface area (Å²) in [6.07, 6.45) is 0. The number of aromatic nitrogens is 2. The van der Waals surface area contributed by atoms with E-state index in [2.05, 4.69) is 5.32 Å². The zero-order valence-corrected chi connectivity index (χ0v) is 20.9. The van der Waals surface area contributed by atoms with Crippen molar-refractivity contribution in [2.24, 2.45) is 7.05 Å². The van der Waals surface area contributed by atoms with Crippen molar-refractivity contribution in [3.63, 3.8) is 0 Å². The lowest BCUT2D eigenvalue weighted by molar-refractivity contribution is -0.141. The molecule has 3 N–H and O–H groups in total. The van der Waals surface area contributed by atoms with Gasteiger partial charge in [-0.2, -0.15) is 0 Å². The van der Waals surface area contributed by atoms with Gasteiger partial charge in [0.05, 0.1) is 12.3 Å². The Morgan fingerprint density at radius 2 is 1.73 bits per heavy atom. The van der Waals surface area contributed by atoms with Crippen LogP contribution in [0, 0.1) is 5.82 Å². The maximum absolute atomic E-state index is 13.0.